The maximum absolute atomic E-state index is 10.0. The van der Waals surface area contributed by atoms with Gasteiger partial charge in [-0.15, -0.1) is 166 Å². The normalized spacial score (nSPS) is 12.7. The van der Waals surface area contributed by atoms with Gasteiger partial charge < -0.3 is 39.4 Å². The number of benzene rings is 12. The third-order valence-corrected chi connectivity index (χ3v) is 24.4. The van der Waals surface area contributed by atoms with Gasteiger partial charge in [-0.3, -0.25) is 9.78 Å². The van der Waals surface area contributed by atoms with Crippen LogP contribution in [0.1, 0.15) is 147 Å². The number of aliphatic hydroxyl groups excluding tert-OH is 1. The third kappa shape index (κ3) is 22.4. The van der Waals surface area contributed by atoms with Crippen molar-refractivity contribution in [3.63, 3.8) is 0 Å². The predicted molar refractivity (Wildman–Crippen MR) is 533 cm³/mol. The Kier molecular flexibility index (Phi) is 34.8. The summed E-state index contributed by atoms with van der Waals surface area (Å²) in [6.07, 6.45) is 15.2. The summed E-state index contributed by atoms with van der Waals surface area (Å²) in [6.45, 7) is 26.1. The molecule has 20 rings (SSSR count). The van der Waals surface area contributed by atoms with Gasteiger partial charge in [-0.1, -0.05) is 211 Å². The number of aromatic nitrogens is 5. The molecule has 1 atom stereocenters. The first-order valence-corrected chi connectivity index (χ1v) is 45.1. The van der Waals surface area contributed by atoms with E-state index in [-0.39, 0.29) is 98.3 Å². The maximum Gasteiger partial charge on any atom is 2.00 e. The summed E-state index contributed by atoms with van der Waals surface area (Å²) >= 11 is 0. The van der Waals surface area contributed by atoms with E-state index in [2.05, 4.69) is 331 Å². The molecule has 3 radical (unpaired) electrons. The number of ether oxygens (including phenoxy) is 2. The number of ketones is 1. The van der Waals surface area contributed by atoms with Crippen molar-refractivity contribution in [1.82, 2.24) is 24.9 Å². The summed E-state index contributed by atoms with van der Waals surface area (Å²) in [5.41, 5.74) is 38.5. The third-order valence-electron chi connectivity index (χ3n) is 24.4. The van der Waals surface area contributed by atoms with Crippen LogP contribution in [0.15, 0.2) is 334 Å². The number of fused-ring (bicyclic) bond motifs is 14. The first-order chi connectivity index (χ1) is 63.2. The van der Waals surface area contributed by atoms with Crippen molar-refractivity contribution in [3.05, 3.63) is 431 Å². The van der Waals surface area contributed by atoms with E-state index >= 15 is 0 Å². The van der Waals surface area contributed by atoms with E-state index in [1.807, 2.05) is 116 Å². The van der Waals surface area contributed by atoms with E-state index in [9.17, 15) is 4.79 Å². The molecule has 0 saturated carbocycles. The molecule has 134 heavy (non-hydrogen) atoms. The van der Waals surface area contributed by atoms with Crippen LogP contribution in [0.25, 0.3) is 112 Å². The number of aliphatic hydroxyl groups is 1. The van der Waals surface area contributed by atoms with Crippen LogP contribution in [-0.2, 0) is 97.0 Å². The van der Waals surface area contributed by atoms with Gasteiger partial charge in [-0.05, 0) is 256 Å². The van der Waals surface area contributed by atoms with Gasteiger partial charge in [0.05, 0.1) is 29.9 Å². The summed E-state index contributed by atoms with van der Waals surface area (Å²) in [5.74, 6) is 1.65. The van der Waals surface area contributed by atoms with Crippen molar-refractivity contribution in [3.8, 4) is 112 Å². The van der Waals surface area contributed by atoms with Crippen LogP contribution >= 0.6 is 0 Å². The van der Waals surface area contributed by atoms with Gasteiger partial charge in [0.1, 0.15) is 0 Å². The number of pyridine rings is 5. The van der Waals surface area contributed by atoms with Crippen LogP contribution in [0.3, 0.4) is 0 Å². The van der Waals surface area contributed by atoms with Gasteiger partial charge in [0, 0.05) is 102 Å². The number of carbonyl (C=O) groups is 1. The molecule has 0 amide bonds. The minimum atomic E-state index is -0.473. The Labute approximate surface area is 845 Å². The van der Waals surface area contributed by atoms with Crippen LogP contribution in [0, 0.1) is 71.9 Å². The van der Waals surface area contributed by atoms with E-state index in [4.69, 9.17) is 19.6 Å². The van der Waals surface area contributed by atoms with Gasteiger partial charge >= 0.3 is 21.1 Å². The van der Waals surface area contributed by atoms with E-state index in [0.717, 1.165) is 134 Å². The summed E-state index contributed by atoms with van der Waals surface area (Å²) < 4.78 is 13.2. The predicted octanol–water partition coefficient (Wildman–Crippen LogP) is 30.0. The van der Waals surface area contributed by atoms with E-state index < -0.39 is 5.41 Å². The molecular formula is C120H107Ir3N6O4Pt-3. The number of allylic oxidation sites excluding steroid dienone is 2. The first-order valence-electron chi connectivity index (χ1n) is 45.1. The zero-order valence-corrected chi connectivity index (χ0v) is 87.0. The second-order valence-corrected chi connectivity index (χ2v) is 34.3. The number of aryl methyl sites for hydroxylation is 6. The molecule has 1 spiro atoms. The Bertz CT molecular complexity index is 6890. The average molecular weight is 2470 g/mol. The van der Waals surface area contributed by atoms with Crippen molar-refractivity contribution < 1.29 is 101 Å². The maximum atomic E-state index is 10.0. The number of anilines is 3. The molecule has 1 N–H and O–H groups in total. The number of hydrogen-bond acceptors (Lipinski definition) is 10. The second-order valence-electron chi connectivity index (χ2n) is 34.3. The molecule has 0 aliphatic heterocycles. The molecule has 17 aromatic rings. The summed E-state index contributed by atoms with van der Waals surface area (Å²) in [6, 6.07) is 122. The summed E-state index contributed by atoms with van der Waals surface area (Å²) in [4.78, 5) is 35.1. The molecule has 0 bridgehead atoms. The quantitative estimate of drug-likeness (QED) is 0.0341. The van der Waals surface area contributed by atoms with Crippen molar-refractivity contribution in [2.75, 3.05) is 18.1 Å². The fraction of sp³-hybridized carbons (Fsp3) is 0.183. The van der Waals surface area contributed by atoms with E-state index in [1.54, 1.807) is 0 Å². The van der Waals surface area contributed by atoms with Crippen LogP contribution in [0.5, 0.6) is 11.5 Å². The SMILES string of the molecule is CC(=O)C=C(C)O.CC1(C)c2ccccc2-c2ccc(N(c3[c-]c(-c4ccccn4)ccc3)c3[c-]c(-c4ccccn4)ccc3)cc21.CCCCCOc1cc2c(cc1OCCCCC)C1(c3ccccc3-c3cc(-c4cc[c-]c(-c5ccccn5)c4)ccc31)c1cc(C)c(C)cc1-2.Cc1cc[c-]c(-c2ccc3ccc(C)cc3n2)c1.Cc1cnc(-c2[c-]cccc2)c(C)c1.[Ir].[Ir].[Ir].[Pt+2]. The van der Waals surface area contributed by atoms with Crippen molar-refractivity contribution in [1.29, 1.82) is 0 Å². The van der Waals surface area contributed by atoms with Crippen LogP contribution in [0.2, 0.25) is 0 Å². The van der Waals surface area contributed by atoms with Crippen LogP contribution < -0.4 is 14.4 Å². The molecule has 1 unspecified atom stereocenters. The molecule has 14 heteroatoms. The molecule has 10 nitrogen and oxygen atoms in total. The minimum absolute atomic E-state index is 0. The number of rotatable bonds is 20. The van der Waals surface area contributed by atoms with Crippen molar-refractivity contribution in [2.45, 2.75) is 132 Å². The number of carbonyl (C=O) groups excluding carboxylic acids is 1. The molecule has 0 fully saturated rings. The fourth-order valence-corrected chi connectivity index (χ4v) is 17.9. The average Bonchev–Trinajstić information content (AvgIpc) is 1.50. The largest absolute Gasteiger partial charge is 2.00 e. The molecule has 3 aliphatic rings. The standard InChI is InChI=1S/C48H46NO2.C37H27N3.C17H14N.C13H12N.C5H8O2.3Ir.Pt/c1-5-7-13-24-50-46-30-40-38-26-32(3)33(4)27-43(38)48(44(40)31-47(46)51-25-14-8-6-2)41-19-10-9-18-37(41)39-29-35(21-22-42(39)48)34-16-15-17-36(28-34)45-20-11-12-23-49-45;1-37(2)33-16-4-3-15-31(33)32-20-19-30(25-34(32)37)40(28-13-9-11-26(23-28)35-17-5-7-21-38-35)29-14-10-12-27(24-29)36-18-6-8-22-39-36;1-12-4-3-5-15(10-12)16-9-8-14-7-6-13(2)11-17(14)18-16;1-10-8-11(2)13(14-9-10)12-6-4-3-5-7-12;1-4(6)3-5(2)7;;;;/h9-12,15-16,18-23,26-31H,5-8,13-14,24-25H2,1-4H3;3-22,25H,1-2H3;3-4,6-11H,1-2H3;3-6,8-9H,1-2H3;3,6H,1-2H3;;;;/q-1;-2;2*-1;;;;;+2. The molecule has 681 valence electrons. The Morgan fingerprint density at radius 3 is 1.52 bits per heavy atom. The molecule has 3 aliphatic carbocycles. The molecule has 5 heterocycles. The van der Waals surface area contributed by atoms with Crippen LogP contribution in [0.4, 0.5) is 17.1 Å². The number of nitrogens with zero attached hydrogens (tertiary/aromatic N) is 6. The zero-order valence-electron chi connectivity index (χ0n) is 77.5. The van der Waals surface area contributed by atoms with Crippen molar-refractivity contribution in [2.24, 2.45) is 0 Å². The first kappa shape index (κ1) is 101. The Balaban J connectivity index is 0.000000171. The molecular weight excluding hydrogens is 2360 g/mol. The number of unbranched alkanes of at least 4 members (excludes halogenated alkanes) is 4. The van der Waals surface area contributed by atoms with Gasteiger partial charge in [-0.2, -0.15) is 0 Å². The number of hydrogen-bond donors (Lipinski definition) is 1. The van der Waals surface area contributed by atoms with Gasteiger partial charge in [0.25, 0.3) is 0 Å². The monoisotopic (exact) mass is 2470 g/mol. The van der Waals surface area contributed by atoms with Gasteiger partial charge in [-0.25, -0.2) is 0 Å². The molecule has 12 aromatic carbocycles. The fourth-order valence-electron chi connectivity index (χ4n) is 17.9. The van der Waals surface area contributed by atoms with E-state index in [1.165, 1.54) is 131 Å². The van der Waals surface area contributed by atoms with Crippen molar-refractivity contribution >= 4 is 33.7 Å². The topological polar surface area (TPSA) is 123 Å². The Morgan fingerprint density at radius 2 is 0.925 bits per heavy atom. The summed E-state index contributed by atoms with van der Waals surface area (Å²) in [7, 11) is 0. The smallest absolute Gasteiger partial charge is 0.512 e. The summed E-state index contributed by atoms with van der Waals surface area (Å²) in [5, 5.41) is 9.54. The Morgan fingerprint density at radius 1 is 0.403 bits per heavy atom. The van der Waals surface area contributed by atoms with Crippen LogP contribution in [-0.4, -0.2) is 49.0 Å². The minimum Gasteiger partial charge on any atom is -0.512 e. The van der Waals surface area contributed by atoms with E-state index in [0.29, 0.717) is 13.2 Å². The Hall–Kier alpha value is -12.1. The molecule has 5 aromatic heterocycles. The van der Waals surface area contributed by atoms with Gasteiger partial charge in [0.2, 0.25) is 0 Å². The van der Waals surface area contributed by atoms with Gasteiger partial charge in [0.15, 0.2) is 17.3 Å². The zero-order chi connectivity index (χ0) is 90.4. The second kappa shape index (κ2) is 46.2. The molecule has 0 saturated heterocycles.